The lowest BCUT2D eigenvalue weighted by Gasteiger charge is -2.14. The highest BCUT2D eigenvalue weighted by Crippen LogP contribution is 2.16. The number of carbonyl (C=O) groups excluding carboxylic acids is 2. The maximum absolute atomic E-state index is 12.0. The predicted octanol–water partition coefficient (Wildman–Crippen LogP) is 1.13. The average Bonchev–Trinajstić information content (AvgIpc) is 2.63. The van der Waals surface area contributed by atoms with Gasteiger partial charge in [0.25, 0.3) is 5.91 Å². The third-order valence-electron chi connectivity index (χ3n) is 3.14. The molecule has 1 aromatic rings. The molecule has 1 amide bonds. The molecule has 1 rings (SSSR count). The summed E-state index contributed by atoms with van der Waals surface area (Å²) in [5, 5.41) is 2.87. The van der Waals surface area contributed by atoms with Gasteiger partial charge in [-0.3, -0.25) is 9.59 Å². The minimum Gasteiger partial charge on any atom is -0.356 e. The predicted molar refractivity (Wildman–Crippen MR) is 71.2 cm³/mol. The Kier molecular flexibility index (Phi) is 5.09. The van der Waals surface area contributed by atoms with Crippen molar-refractivity contribution in [3.05, 3.63) is 22.5 Å². The molecule has 18 heavy (non-hydrogen) atoms. The Balaban J connectivity index is 2.67. The molecule has 0 saturated carbocycles. The molecule has 2 N–H and O–H groups in total. The van der Waals surface area contributed by atoms with E-state index in [9.17, 15) is 9.59 Å². The zero-order valence-corrected chi connectivity index (χ0v) is 11.5. The fraction of sp³-hybridized carbons (Fsp3) is 0.538. The summed E-state index contributed by atoms with van der Waals surface area (Å²) >= 11 is 0. The van der Waals surface area contributed by atoms with Gasteiger partial charge in [-0.15, -0.1) is 0 Å². The van der Waals surface area contributed by atoms with Crippen molar-refractivity contribution in [3.8, 4) is 0 Å². The van der Waals surface area contributed by atoms with Gasteiger partial charge in [0.1, 0.15) is 0 Å². The molecule has 0 atom stereocenters. The standard InChI is InChI=1S/C13H21N3O2/c1-5-16(4)7-6-14-13(18)12-9(2)11(8-17)15-10(12)3/h8,15H,5-7H2,1-4H3,(H,14,18). The monoisotopic (exact) mass is 251 g/mol. The number of nitrogens with one attached hydrogen (secondary N) is 2. The van der Waals surface area contributed by atoms with Crippen molar-refractivity contribution in [2.45, 2.75) is 20.8 Å². The summed E-state index contributed by atoms with van der Waals surface area (Å²) in [7, 11) is 2.00. The molecule has 0 bridgehead atoms. The summed E-state index contributed by atoms with van der Waals surface area (Å²) in [6.07, 6.45) is 0.740. The van der Waals surface area contributed by atoms with Crippen molar-refractivity contribution >= 4 is 12.2 Å². The number of H-pyrrole nitrogens is 1. The third kappa shape index (κ3) is 3.20. The van der Waals surface area contributed by atoms with E-state index in [0.29, 0.717) is 23.4 Å². The summed E-state index contributed by atoms with van der Waals surface area (Å²) in [5.74, 6) is -0.126. The van der Waals surface area contributed by atoms with Crippen molar-refractivity contribution < 1.29 is 9.59 Å². The van der Waals surface area contributed by atoms with Crippen LogP contribution in [0.2, 0.25) is 0 Å². The molecular weight excluding hydrogens is 230 g/mol. The number of aryl methyl sites for hydroxylation is 1. The fourth-order valence-electron chi connectivity index (χ4n) is 1.84. The molecule has 0 saturated heterocycles. The molecule has 0 fully saturated rings. The van der Waals surface area contributed by atoms with Gasteiger partial charge in [0.05, 0.1) is 11.3 Å². The normalized spacial score (nSPS) is 10.7. The van der Waals surface area contributed by atoms with Crippen molar-refractivity contribution in [2.24, 2.45) is 0 Å². The first-order valence-electron chi connectivity index (χ1n) is 6.12. The molecule has 1 aromatic heterocycles. The largest absolute Gasteiger partial charge is 0.356 e. The summed E-state index contributed by atoms with van der Waals surface area (Å²) in [6.45, 7) is 8.01. The van der Waals surface area contributed by atoms with Gasteiger partial charge in [-0.1, -0.05) is 6.92 Å². The Labute approximate surface area is 108 Å². The van der Waals surface area contributed by atoms with Crippen molar-refractivity contribution in [3.63, 3.8) is 0 Å². The number of amides is 1. The number of hydrogen-bond acceptors (Lipinski definition) is 3. The first kappa shape index (κ1) is 14.4. The molecule has 0 aliphatic carbocycles. The van der Waals surface area contributed by atoms with E-state index < -0.39 is 0 Å². The smallest absolute Gasteiger partial charge is 0.253 e. The molecule has 100 valence electrons. The molecule has 0 unspecified atom stereocenters. The van der Waals surface area contributed by atoms with Crippen LogP contribution in [0.25, 0.3) is 0 Å². The zero-order chi connectivity index (χ0) is 13.7. The maximum atomic E-state index is 12.0. The highest BCUT2D eigenvalue weighted by Gasteiger charge is 2.17. The summed E-state index contributed by atoms with van der Waals surface area (Å²) < 4.78 is 0. The van der Waals surface area contributed by atoms with Gasteiger partial charge < -0.3 is 15.2 Å². The number of aldehydes is 1. The van der Waals surface area contributed by atoms with Crippen LogP contribution in [0, 0.1) is 13.8 Å². The number of likely N-dealkylation sites (N-methyl/N-ethyl adjacent to an activating group) is 1. The van der Waals surface area contributed by atoms with Gasteiger partial charge in [-0.05, 0) is 33.0 Å². The summed E-state index contributed by atoms with van der Waals surface area (Å²) in [4.78, 5) is 27.8. The van der Waals surface area contributed by atoms with E-state index in [0.717, 1.165) is 25.1 Å². The summed E-state index contributed by atoms with van der Waals surface area (Å²) in [5.41, 5.74) is 2.50. The molecule has 5 heteroatoms. The van der Waals surface area contributed by atoms with Crippen LogP contribution in [0.5, 0.6) is 0 Å². The van der Waals surface area contributed by atoms with E-state index in [1.54, 1.807) is 13.8 Å². The molecule has 0 aliphatic rings. The second-order valence-corrected chi connectivity index (χ2v) is 4.43. The Hall–Kier alpha value is -1.62. The van der Waals surface area contributed by atoms with Crippen LogP contribution in [0.1, 0.15) is 39.0 Å². The van der Waals surface area contributed by atoms with Crippen LogP contribution in [0.4, 0.5) is 0 Å². The molecule has 0 aliphatic heterocycles. The van der Waals surface area contributed by atoms with Crippen molar-refractivity contribution in [2.75, 3.05) is 26.7 Å². The highest BCUT2D eigenvalue weighted by molar-refractivity contribution is 5.99. The molecule has 0 aromatic carbocycles. The van der Waals surface area contributed by atoms with Gasteiger partial charge in [-0.25, -0.2) is 0 Å². The average molecular weight is 251 g/mol. The van der Waals surface area contributed by atoms with Crippen LogP contribution in [-0.2, 0) is 0 Å². The number of carbonyl (C=O) groups is 2. The van der Waals surface area contributed by atoms with E-state index in [4.69, 9.17) is 0 Å². The van der Waals surface area contributed by atoms with E-state index in [2.05, 4.69) is 22.1 Å². The van der Waals surface area contributed by atoms with Crippen LogP contribution in [-0.4, -0.2) is 48.8 Å². The number of nitrogens with zero attached hydrogens (tertiary/aromatic N) is 1. The minimum atomic E-state index is -0.126. The topological polar surface area (TPSA) is 65.2 Å². The number of aromatic nitrogens is 1. The molecule has 1 heterocycles. The highest BCUT2D eigenvalue weighted by atomic mass is 16.1. The van der Waals surface area contributed by atoms with Crippen LogP contribution in [0.15, 0.2) is 0 Å². The van der Waals surface area contributed by atoms with E-state index in [-0.39, 0.29) is 5.91 Å². The van der Waals surface area contributed by atoms with E-state index >= 15 is 0 Å². The van der Waals surface area contributed by atoms with E-state index in [1.807, 2.05) is 7.05 Å². The van der Waals surface area contributed by atoms with Crippen LogP contribution < -0.4 is 5.32 Å². The second kappa shape index (κ2) is 6.35. The van der Waals surface area contributed by atoms with Gasteiger partial charge in [0.2, 0.25) is 0 Å². The molecule has 0 spiro atoms. The Morgan fingerprint density at radius 1 is 1.44 bits per heavy atom. The SMILES string of the molecule is CCN(C)CCNC(=O)c1c(C)[nH]c(C=O)c1C. The van der Waals surface area contributed by atoms with Crippen molar-refractivity contribution in [1.82, 2.24) is 15.2 Å². The maximum Gasteiger partial charge on any atom is 0.253 e. The number of hydrogen-bond donors (Lipinski definition) is 2. The van der Waals surface area contributed by atoms with Gasteiger partial charge in [-0.2, -0.15) is 0 Å². The van der Waals surface area contributed by atoms with Crippen molar-refractivity contribution in [1.29, 1.82) is 0 Å². The quantitative estimate of drug-likeness (QED) is 0.745. The molecular formula is C13H21N3O2. The fourth-order valence-corrected chi connectivity index (χ4v) is 1.84. The summed E-state index contributed by atoms with van der Waals surface area (Å²) in [6, 6.07) is 0. The number of rotatable bonds is 6. The Bertz CT molecular complexity index is 438. The second-order valence-electron chi connectivity index (χ2n) is 4.43. The van der Waals surface area contributed by atoms with Gasteiger partial charge in [0.15, 0.2) is 6.29 Å². The van der Waals surface area contributed by atoms with E-state index in [1.165, 1.54) is 0 Å². The van der Waals surface area contributed by atoms with Gasteiger partial charge in [0, 0.05) is 18.8 Å². The Morgan fingerprint density at radius 3 is 2.61 bits per heavy atom. The third-order valence-corrected chi connectivity index (χ3v) is 3.14. The molecule has 0 radical (unpaired) electrons. The molecule has 5 nitrogen and oxygen atoms in total. The first-order chi connectivity index (χ1) is 8.51. The zero-order valence-electron chi connectivity index (χ0n) is 11.5. The van der Waals surface area contributed by atoms with Crippen LogP contribution in [0.3, 0.4) is 0 Å². The first-order valence-corrected chi connectivity index (χ1v) is 6.12. The Morgan fingerprint density at radius 2 is 2.11 bits per heavy atom. The lowest BCUT2D eigenvalue weighted by molar-refractivity contribution is 0.0949. The lowest BCUT2D eigenvalue weighted by atomic mass is 10.1. The minimum absolute atomic E-state index is 0.126. The number of aromatic amines is 1. The van der Waals surface area contributed by atoms with Crippen LogP contribution >= 0.6 is 0 Å². The lowest BCUT2D eigenvalue weighted by Crippen LogP contribution is -2.33. The van der Waals surface area contributed by atoms with Gasteiger partial charge >= 0.3 is 0 Å².